The number of rotatable bonds is 6. The molecule has 2 aromatic carbocycles. The summed E-state index contributed by atoms with van der Waals surface area (Å²) in [5, 5.41) is 29.5. The Bertz CT molecular complexity index is 1190. The molecule has 0 heterocycles. The summed E-state index contributed by atoms with van der Waals surface area (Å²) in [6, 6.07) is 7.37. The summed E-state index contributed by atoms with van der Waals surface area (Å²) < 4.78 is 33.7. The number of phenols is 1. The summed E-state index contributed by atoms with van der Waals surface area (Å²) in [5.74, 6) is -2.33. The highest BCUT2D eigenvalue weighted by atomic mass is 79.9. The third kappa shape index (κ3) is 3.80. The fourth-order valence-electron chi connectivity index (χ4n) is 3.28. The van der Waals surface area contributed by atoms with E-state index in [1.165, 1.54) is 31.4 Å². The van der Waals surface area contributed by atoms with Crippen LogP contribution in [0.3, 0.4) is 0 Å². The number of ether oxygens (including phenoxy) is 1. The molecule has 0 bridgehead atoms. The standard InChI is InChI=1S/C19H16BrClN2O6S/c1-29-17-13(21)7-11(20)8-15(17)30(27,28)23-14-6-10(19(9-22)3-2-4-19)5-12(16(14)24)18(25)26/h5-8,23-24H,2-4H2,1H3,(H,25,26). The van der Waals surface area contributed by atoms with E-state index >= 15 is 0 Å². The first kappa shape index (κ1) is 22.2. The third-order valence-electron chi connectivity index (χ3n) is 5.03. The molecule has 0 aromatic heterocycles. The number of carboxylic acid groups (broad SMARTS) is 1. The van der Waals surface area contributed by atoms with Crippen molar-refractivity contribution in [2.24, 2.45) is 0 Å². The second kappa shape index (κ2) is 7.98. The first-order chi connectivity index (χ1) is 14.0. The second-order valence-corrected chi connectivity index (χ2v) is 9.77. The zero-order chi connectivity index (χ0) is 22.3. The summed E-state index contributed by atoms with van der Waals surface area (Å²) in [6.07, 6.45) is 1.80. The van der Waals surface area contributed by atoms with Crippen molar-refractivity contribution in [3.63, 3.8) is 0 Å². The number of carbonyl (C=O) groups is 1. The van der Waals surface area contributed by atoms with Gasteiger partial charge >= 0.3 is 5.97 Å². The smallest absolute Gasteiger partial charge is 0.339 e. The molecule has 158 valence electrons. The lowest BCUT2D eigenvalue weighted by molar-refractivity contribution is 0.0693. The number of halogens is 2. The number of aromatic carboxylic acids is 1. The van der Waals surface area contributed by atoms with Crippen LogP contribution in [0.15, 0.2) is 33.6 Å². The van der Waals surface area contributed by atoms with Crippen molar-refractivity contribution in [2.45, 2.75) is 29.6 Å². The first-order valence-electron chi connectivity index (χ1n) is 8.62. The number of hydrogen-bond donors (Lipinski definition) is 3. The Morgan fingerprint density at radius 2 is 2.00 bits per heavy atom. The van der Waals surface area contributed by atoms with Crippen LogP contribution >= 0.6 is 27.5 Å². The Kier molecular flexibility index (Phi) is 5.91. The summed E-state index contributed by atoms with van der Waals surface area (Å²) in [6.45, 7) is 0. The van der Waals surface area contributed by atoms with E-state index in [-0.39, 0.29) is 21.4 Å². The summed E-state index contributed by atoms with van der Waals surface area (Å²) >= 11 is 9.23. The number of sulfonamides is 1. The average molecular weight is 516 g/mol. The SMILES string of the molecule is COc1c(Cl)cc(Br)cc1S(=O)(=O)Nc1cc(C2(C#N)CCC2)cc(C(=O)O)c1O. The van der Waals surface area contributed by atoms with Gasteiger partial charge in [0.15, 0.2) is 11.5 Å². The zero-order valence-corrected chi connectivity index (χ0v) is 18.7. The van der Waals surface area contributed by atoms with Crippen molar-refractivity contribution >= 4 is 49.2 Å². The highest BCUT2D eigenvalue weighted by Gasteiger charge is 2.40. The van der Waals surface area contributed by atoms with Crippen LogP contribution in [0.2, 0.25) is 5.02 Å². The van der Waals surface area contributed by atoms with E-state index in [0.717, 1.165) is 6.42 Å². The third-order valence-corrected chi connectivity index (χ3v) is 7.14. The molecule has 3 rings (SSSR count). The monoisotopic (exact) mass is 514 g/mol. The maximum atomic E-state index is 13.0. The summed E-state index contributed by atoms with van der Waals surface area (Å²) in [5.41, 5.74) is -1.46. The molecule has 0 spiro atoms. The minimum Gasteiger partial charge on any atom is -0.505 e. The summed E-state index contributed by atoms with van der Waals surface area (Å²) in [7, 11) is -3.10. The van der Waals surface area contributed by atoms with Crippen molar-refractivity contribution in [1.82, 2.24) is 0 Å². The van der Waals surface area contributed by atoms with Gasteiger partial charge in [-0.15, -0.1) is 0 Å². The van der Waals surface area contributed by atoms with Crippen molar-refractivity contribution < 1.29 is 28.2 Å². The lowest BCUT2D eigenvalue weighted by Crippen LogP contribution is -2.32. The number of anilines is 1. The van der Waals surface area contributed by atoms with E-state index in [2.05, 4.69) is 26.7 Å². The molecular weight excluding hydrogens is 500 g/mol. The number of hydrogen-bond acceptors (Lipinski definition) is 6. The van der Waals surface area contributed by atoms with Crippen molar-refractivity contribution in [3.8, 4) is 17.6 Å². The van der Waals surface area contributed by atoms with Gasteiger partial charge in [-0.3, -0.25) is 4.72 Å². The number of methoxy groups -OCH3 is 1. The van der Waals surface area contributed by atoms with Gasteiger partial charge in [-0.1, -0.05) is 27.5 Å². The average Bonchev–Trinajstić information content (AvgIpc) is 2.62. The largest absolute Gasteiger partial charge is 0.505 e. The predicted molar refractivity (Wildman–Crippen MR) is 113 cm³/mol. The van der Waals surface area contributed by atoms with Gasteiger partial charge in [0.25, 0.3) is 10.0 Å². The highest BCUT2D eigenvalue weighted by molar-refractivity contribution is 9.10. The molecule has 0 radical (unpaired) electrons. The Balaban J connectivity index is 2.16. The molecule has 3 N–H and O–H groups in total. The molecule has 0 amide bonds. The minimum absolute atomic E-state index is 0.0364. The Hall–Kier alpha value is -2.48. The van der Waals surface area contributed by atoms with Crippen LogP contribution in [-0.2, 0) is 15.4 Å². The Morgan fingerprint density at radius 1 is 1.33 bits per heavy atom. The number of nitrogens with one attached hydrogen (secondary N) is 1. The number of benzene rings is 2. The van der Waals surface area contributed by atoms with Gasteiger partial charge < -0.3 is 14.9 Å². The van der Waals surface area contributed by atoms with Gasteiger partial charge in [-0.25, -0.2) is 13.2 Å². The topological polar surface area (TPSA) is 137 Å². The fourth-order valence-corrected chi connectivity index (χ4v) is 5.65. The maximum Gasteiger partial charge on any atom is 0.339 e. The highest BCUT2D eigenvalue weighted by Crippen LogP contribution is 2.46. The Morgan fingerprint density at radius 3 is 2.50 bits per heavy atom. The molecule has 1 fully saturated rings. The molecule has 11 heteroatoms. The molecule has 1 aliphatic carbocycles. The molecule has 0 saturated heterocycles. The maximum absolute atomic E-state index is 13.0. The quantitative estimate of drug-likeness (QED) is 0.489. The zero-order valence-electron chi connectivity index (χ0n) is 15.6. The molecule has 0 atom stereocenters. The molecule has 0 unspecified atom stereocenters. The van der Waals surface area contributed by atoms with E-state index in [1.807, 2.05) is 0 Å². The van der Waals surface area contributed by atoms with Gasteiger partial charge in [0.1, 0.15) is 10.5 Å². The Labute approximate surface area is 186 Å². The molecule has 8 nitrogen and oxygen atoms in total. The normalized spacial score (nSPS) is 15.0. The van der Waals surface area contributed by atoms with E-state index in [4.69, 9.17) is 16.3 Å². The van der Waals surface area contributed by atoms with Gasteiger partial charge in [-0.05, 0) is 49.1 Å². The lowest BCUT2D eigenvalue weighted by Gasteiger charge is -2.36. The van der Waals surface area contributed by atoms with E-state index in [1.54, 1.807) is 0 Å². The van der Waals surface area contributed by atoms with Crippen LogP contribution in [0.1, 0.15) is 35.2 Å². The lowest BCUT2D eigenvalue weighted by atomic mass is 9.65. The van der Waals surface area contributed by atoms with E-state index in [0.29, 0.717) is 22.9 Å². The molecule has 0 aliphatic heterocycles. The second-order valence-electron chi connectivity index (χ2n) is 6.80. The van der Waals surface area contributed by atoms with E-state index < -0.39 is 32.7 Å². The van der Waals surface area contributed by atoms with Crippen LogP contribution in [0.5, 0.6) is 11.5 Å². The molecule has 1 aliphatic rings. The number of nitrogens with zero attached hydrogens (tertiary/aromatic N) is 1. The van der Waals surface area contributed by atoms with Gasteiger partial charge in [0.2, 0.25) is 0 Å². The van der Waals surface area contributed by atoms with Crippen LogP contribution in [0.25, 0.3) is 0 Å². The van der Waals surface area contributed by atoms with Crippen molar-refractivity contribution in [3.05, 3.63) is 44.9 Å². The number of nitriles is 1. The van der Waals surface area contributed by atoms with Crippen LogP contribution < -0.4 is 9.46 Å². The predicted octanol–water partition coefficient (Wildman–Crippen LogP) is 4.26. The number of aromatic hydroxyl groups is 1. The minimum atomic E-state index is -4.35. The number of carboxylic acids is 1. The fraction of sp³-hybridized carbons (Fsp3) is 0.263. The summed E-state index contributed by atoms with van der Waals surface area (Å²) in [4.78, 5) is 11.3. The molecule has 1 saturated carbocycles. The van der Waals surface area contributed by atoms with Crippen LogP contribution in [-0.4, -0.2) is 31.7 Å². The van der Waals surface area contributed by atoms with E-state index in [9.17, 15) is 28.7 Å². The van der Waals surface area contributed by atoms with Crippen LogP contribution in [0.4, 0.5) is 5.69 Å². The molecule has 30 heavy (non-hydrogen) atoms. The van der Waals surface area contributed by atoms with Crippen LogP contribution in [0, 0.1) is 11.3 Å². The van der Waals surface area contributed by atoms with Gasteiger partial charge in [0, 0.05) is 4.47 Å². The molecule has 2 aromatic rings. The van der Waals surface area contributed by atoms with Gasteiger partial charge in [-0.2, -0.15) is 5.26 Å². The van der Waals surface area contributed by atoms with Crippen molar-refractivity contribution in [1.29, 1.82) is 5.26 Å². The first-order valence-corrected chi connectivity index (χ1v) is 11.3. The van der Waals surface area contributed by atoms with Gasteiger partial charge in [0.05, 0.1) is 29.3 Å². The van der Waals surface area contributed by atoms with Crippen molar-refractivity contribution in [2.75, 3.05) is 11.8 Å². The molecular formula is C19H16BrClN2O6S.